The highest BCUT2D eigenvalue weighted by molar-refractivity contribution is 4.84. The third kappa shape index (κ3) is 3.45. The van der Waals surface area contributed by atoms with E-state index in [9.17, 15) is 5.11 Å². The molecule has 2 nitrogen and oxygen atoms in total. The second-order valence-corrected chi connectivity index (χ2v) is 6.29. The van der Waals surface area contributed by atoms with Crippen LogP contribution in [0.1, 0.15) is 65.2 Å². The minimum atomic E-state index is -0.0849. The first-order valence-electron chi connectivity index (χ1n) is 7.62. The molecule has 0 spiro atoms. The lowest BCUT2D eigenvalue weighted by Crippen LogP contribution is -2.48. The summed E-state index contributed by atoms with van der Waals surface area (Å²) in [5.74, 6) is 0.574. The molecule has 0 bridgehead atoms. The summed E-state index contributed by atoms with van der Waals surface area (Å²) in [4.78, 5) is 2.54. The van der Waals surface area contributed by atoms with Crippen LogP contribution in [0, 0.1) is 5.92 Å². The molecule has 1 unspecified atom stereocenters. The lowest BCUT2D eigenvalue weighted by Gasteiger charge is -2.41. The Hall–Kier alpha value is -0.0800. The molecule has 1 aliphatic heterocycles. The zero-order valence-electron chi connectivity index (χ0n) is 11.6. The van der Waals surface area contributed by atoms with Crippen molar-refractivity contribution in [1.82, 2.24) is 4.90 Å². The third-order valence-electron chi connectivity index (χ3n) is 4.97. The molecule has 0 aromatic heterocycles. The maximum absolute atomic E-state index is 10.4. The molecule has 3 atom stereocenters. The Morgan fingerprint density at radius 1 is 0.941 bits per heavy atom. The van der Waals surface area contributed by atoms with E-state index in [1.807, 2.05) is 0 Å². The van der Waals surface area contributed by atoms with Crippen LogP contribution in [-0.4, -0.2) is 34.7 Å². The second-order valence-electron chi connectivity index (χ2n) is 6.29. The number of aliphatic hydroxyl groups excluding tert-OH is 1. The van der Waals surface area contributed by atoms with E-state index in [0.717, 1.165) is 6.54 Å². The van der Waals surface area contributed by atoms with E-state index < -0.39 is 0 Å². The third-order valence-corrected chi connectivity index (χ3v) is 4.97. The SMILES string of the molecule is C[C@@H]1CCC[C@H](C)N1CC(O)C1CCCCC1. The molecule has 100 valence electrons. The van der Waals surface area contributed by atoms with Gasteiger partial charge in [-0.1, -0.05) is 25.7 Å². The summed E-state index contributed by atoms with van der Waals surface area (Å²) in [5, 5.41) is 10.4. The molecule has 1 N–H and O–H groups in total. The molecule has 2 heteroatoms. The van der Waals surface area contributed by atoms with Gasteiger partial charge in [-0.15, -0.1) is 0 Å². The van der Waals surface area contributed by atoms with Crippen molar-refractivity contribution in [2.24, 2.45) is 5.92 Å². The maximum Gasteiger partial charge on any atom is 0.0695 e. The molecule has 1 heterocycles. The first kappa shape index (κ1) is 13.4. The highest BCUT2D eigenvalue weighted by Gasteiger charge is 2.29. The summed E-state index contributed by atoms with van der Waals surface area (Å²) in [5.41, 5.74) is 0. The molecule has 1 aliphatic carbocycles. The van der Waals surface area contributed by atoms with Gasteiger partial charge in [0.05, 0.1) is 6.10 Å². The molecular formula is C15H29NO. The van der Waals surface area contributed by atoms with Crippen molar-refractivity contribution in [3.63, 3.8) is 0 Å². The van der Waals surface area contributed by atoms with Gasteiger partial charge in [0.25, 0.3) is 0 Å². The fourth-order valence-corrected chi connectivity index (χ4v) is 3.72. The van der Waals surface area contributed by atoms with Crippen molar-refractivity contribution in [3.05, 3.63) is 0 Å². The van der Waals surface area contributed by atoms with Crippen LogP contribution in [-0.2, 0) is 0 Å². The molecule has 1 saturated heterocycles. The molecule has 0 radical (unpaired) electrons. The van der Waals surface area contributed by atoms with E-state index in [2.05, 4.69) is 18.7 Å². The smallest absolute Gasteiger partial charge is 0.0695 e. The average Bonchev–Trinajstić information content (AvgIpc) is 2.35. The van der Waals surface area contributed by atoms with Crippen LogP contribution in [0.5, 0.6) is 0 Å². The van der Waals surface area contributed by atoms with Gasteiger partial charge >= 0.3 is 0 Å². The molecule has 2 fully saturated rings. The fourth-order valence-electron chi connectivity index (χ4n) is 3.72. The average molecular weight is 239 g/mol. The summed E-state index contributed by atoms with van der Waals surface area (Å²) >= 11 is 0. The van der Waals surface area contributed by atoms with Crippen molar-refractivity contribution in [2.45, 2.75) is 83.4 Å². The van der Waals surface area contributed by atoms with Gasteiger partial charge in [-0.2, -0.15) is 0 Å². The number of hydrogen-bond acceptors (Lipinski definition) is 2. The summed E-state index contributed by atoms with van der Waals surface area (Å²) in [6, 6.07) is 1.33. The zero-order chi connectivity index (χ0) is 12.3. The fraction of sp³-hybridized carbons (Fsp3) is 1.00. The number of aliphatic hydroxyl groups is 1. The number of hydrogen-bond donors (Lipinski definition) is 1. The topological polar surface area (TPSA) is 23.5 Å². The first-order chi connectivity index (χ1) is 8.18. The van der Waals surface area contributed by atoms with Crippen LogP contribution in [0.2, 0.25) is 0 Å². The number of nitrogens with zero attached hydrogens (tertiary/aromatic N) is 1. The van der Waals surface area contributed by atoms with Crippen LogP contribution in [0.3, 0.4) is 0 Å². The molecule has 17 heavy (non-hydrogen) atoms. The molecular weight excluding hydrogens is 210 g/mol. The lowest BCUT2D eigenvalue weighted by molar-refractivity contribution is 0.00616. The quantitative estimate of drug-likeness (QED) is 0.817. The highest BCUT2D eigenvalue weighted by Crippen LogP contribution is 2.29. The van der Waals surface area contributed by atoms with Crippen LogP contribution in [0.15, 0.2) is 0 Å². The largest absolute Gasteiger partial charge is 0.392 e. The van der Waals surface area contributed by atoms with E-state index in [-0.39, 0.29) is 6.10 Å². The van der Waals surface area contributed by atoms with Crippen LogP contribution in [0.25, 0.3) is 0 Å². The Balaban J connectivity index is 1.85. The van der Waals surface area contributed by atoms with Crippen molar-refractivity contribution in [3.8, 4) is 0 Å². The molecule has 1 saturated carbocycles. The van der Waals surface area contributed by atoms with Gasteiger partial charge < -0.3 is 5.11 Å². The van der Waals surface area contributed by atoms with Gasteiger partial charge in [0.2, 0.25) is 0 Å². The Morgan fingerprint density at radius 3 is 2.12 bits per heavy atom. The van der Waals surface area contributed by atoms with Crippen molar-refractivity contribution in [1.29, 1.82) is 0 Å². The Labute approximate surface area is 106 Å². The summed E-state index contributed by atoms with van der Waals surface area (Å²) in [6.07, 6.45) is 10.4. The van der Waals surface area contributed by atoms with E-state index in [4.69, 9.17) is 0 Å². The number of β-amino-alcohol motifs (C(OH)–C–C–N with tert-alkyl or cyclic N) is 1. The normalized spacial score (nSPS) is 34.8. The van der Waals surface area contributed by atoms with E-state index in [1.165, 1.54) is 51.4 Å². The number of rotatable bonds is 3. The Bertz CT molecular complexity index is 215. The summed E-state index contributed by atoms with van der Waals surface area (Å²) in [6.45, 7) is 5.56. The Kier molecular flexibility index (Phi) is 4.87. The van der Waals surface area contributed by atoms with Gasteiger partial charge in [0.1, 0.15) is 0 Å². The predicted molar refractivity (Wildman–Crippen MR) is 72.1 cm³/mol. The van der Waals surface area contributed by atoms with Gasteiger partial charge in [0, 0.05) is 18.6 Å². The molecule has 2 rings (SSSR count). The molecule has 0 amide bonds. The molecule has 2 aliphatic rings. The molecule has 0 aromatic carbocycles. The van der Waals surface area contributed by atoms with Gasteiger partial charge in [-0.25, -0.2) is 0 Å². The number of piperidine rings is 1. The monoisotopic (exact) mass is 239 g/mol. The van der Waals surface area contributed by atoms with E-state index in [1.54, 1.807) is 0 Å². The number of likely N-dealkylation sites (tertiary alicyclic amines) is 1. The van der Waals surface area contributed by atoms with E-state index >= 15 is 0 Å². The van der Waals surface area contributed by atoms with Gasteiger partial charge in [-0.05, 0) is 45.4 Å². The summed E-state index contributed by atoms with van der Waals surface area (Å²) in [7, 11) is 0. The van der Waals surface area contributed by atoms with Gasteiger partial charge in [-0.3, -0.25) is 4.90 Å². The summed E-state index contributed by atoms with van der Waals surface area (Å²) < 4.78 is 0. The minimum absolute atomic E-state index is 0.0849. The van der Waals surface area contributed by atoms with Crippen LogP contribution >= 0.6 is 0 Å². The minimum Gasteiger partial charge on any atom is -0.392 e. The van der Waals surface area contributed by atoms with Crippen molar-refractivity contribution in [2.75, 3.05) is 6.54 Å². The zero-order valence-corrected chi connectivity index (χ0v) is 11.6. The predicted octanol–water partition coefficient (Wildman–Crippen LogP) is 3.19. The standard InChI is InChI=1S/C15H29NO/c1-12-7-6-8-13(2)16(12)11-15(17)14-9-4-3-5-10-14/h12-15,17H,3-11H2,1-2H3/t12-,13+,15?. The highest BCUT2D eigenvalue weighted by atomic mass is 16.3. The van der Waals surface area contributed by atoms with E-state index in [0.29, 0.717) is 18.0 Å². The second kappa shape index (κ2) is 6.19. The maximum atomic E-state index is 10.4. The Morgan fingerprint density at radius 2 is 1.53 bits per heavy atom. The van der Waals surface area contributed by atoms with Gasteiger partial charge in [0.15, 0.2) is 0 Å². The van der Waals surface area contributed by atoms with Crippen LogP contribution < -0.4 is 0 Å². The van der Waals surface area contributed by atoms with Crippen molar-refractivity contribution < 1.29 is 5.11 Å². The molecule has 0 aromatic rings. The lowest BCUT2D eigenvalue weighted by atomic mass is 9.84. The first-order valence-corrected chi connectivity index (χ1v) is 7.62. The van der Waals surface area contributed by atoms with Crippen molar-refractivity contribution >= 4 is 0 Å². The van der Waals surface area contributed by atoms with Crippen LogP contribution in [0.4, 0.5) is 0 Å².